The van der Waals surface area contributed by atoms with E-state index in [2.05, 4.69) is 22.3 Å². The van der Waals surface area contributed by atoms with Crippen LogP contribution in [0.15, 0.2) is 36.7 Å². The number of hydrogen-bond acceptors (Lipinski definition) is 3. The number of likely N-dealkylation sites (tertiary alicyclic amines) is 1. The summed E-state index contributed by atoms with van der Waals surface area (Å²) in [6.45, 7) is 1.89. The first-order chi connectivity index (χ1) is 11.7. The fourth-order valence-electron chi connectivity index (χ4n) is 4.09. The standard InChI is InChI=1S/C18H21ClN4O/c19-16-3-1-2-15(12-16)18(6-7-18)14-4-10-22(11-5-14)17(24)13-23-20-8-9-21-23/h1-3,8-9,12,14H,4-7,10-11,13H2. The number of rotatable bonds is 4. The number of hydrogen-bond donors (Lipinski definition) is 0. The van der Waals surface area contributed by atoms with Crippen LogP contribution in [0.1, 0.15) is 31.2 Å². The van der Waals surface area contributed by atoms with E-state index in [4.69, 9.17) is 11.6 Å². The van der Waals surface area contributed by atoms with Crippen LogP contribution in [0.2, 0.25) is 5.02 Å². The van der Waals surface area contributed by atoms with Gasteiger partial charge < -0.3 is 4.90 Å². The second-order valence-corrected chi connectivity index (χ2v) is 7.32. The van der Waals surface area contributed by atoms with Crippen LogP contribution >= 0.6 is 11.6 Å². The van der Waals surface area contributed by atoms with E-state index < -0.39 is 0 Å². The normalized spacial score (nSPS) is 20.1. The topological polar surface area (TPSA) is 51.0 Å². The van der Waals surface area contributed by atoms with Crippen LogP contribution < -0.4 is 0 Å². The first-order valence-electron chi connectivity index (χ1n) is 8.55. The van der Waals surface area contributed by atoms with Gasteiger partial charge in [0.25, 0.3) is 0 Å². The molecule has 0 unspecified atom stereocenters. The Morgan fingerprint density at radius 3 is 2.54 bits per heavy atom. The number of amides is 1. The van der Waals surface area contributed by atoms with Crippen molar-refractivity contribution in [3.63, 3.8) is 0 Å². The zero-order valence-electron chi connectivity index (χ0n) is 13.6. The summed E-state index contributed by atoms with van der Waals surface area (Å²) in [6, 6.07) is 8.31. The monoisotopic (exact) mass is 344 g/mol. The van der Waals surface area contributed by atoms with Crippen molar-refractivity contribution >= 4 is 17.5 Å². The number of halogens is 1. The zero-order chi connectivity index (χ0) is 16.6. The number of nitrogens with zero attached hydrogens (tertiary/aromatic N) is 4. The number of aromatic nitrogens is 3. The largest absolute Gasteiger partial charge is 0.341 e. The maximum absolute atomic E-state index is 12.4. The van der Waals surface area contributed by atoms with Gasteiger partial charge in [-0.1, -0.05) is 23.7 Å². The molecule has 1 aromatic carbocycles. The molecule has 1 saturated carbocycles. The Morgan fingerprint density at radius 2 is 1.92 bits per heavy atom. The highest BCUT2D eigenvalue weighted by Gasteiger charge is 2.51. The summed E-state index contributed by atoms with van der Waals surface area (Å²) in [7, 11) is 0. The lowest BCUT2D eigenvalue weighted by atomic mass is 9.77. The lowest BCUT2D eigenvalue weighted by Crippen LogP contribution is -2.42. The number of carbonyl (C=O) groups is 1. The predicted molar refractivity (Wildman–Crippen MR) is 91.7 cm³/mol. The average molecular weight is 345 g/mol. The summed E-state index contributed by atoms with van der Waals surface area (Å²) in [5, 5.41) is 8.84. The molecule has 1 aliphatic carbocycles. The number of piperidine rings is 1. The van der Waals surface area contributed by atoms with Gasteiger partial charge in [0.15, 0.2) is 0 Å². The molecule has 0 spiro atoms. The fraction of sp³-hybridized carbons (Fsp3) is 0.500. The molecule has 1 saturated heterocycles. The molecule has 2 aromatic rings. The van der Waals surface area contributed by atoms with E-state index in [-0.39, 0.29) is 12.5 Å². The lowest BCUT2D eigenvalue weighted by Gasteiger charge is -2.36. The summed E-state index contributed by atoms with van der Waals surface area (Å²) in [4.78, 5) is 15.8. The Bertz CT molecular complexity index is 718. The Kier molecular flexibility index (Phi) is 4.04. The van der Waals surface area contributed by atoms with Crippen LogP contribution in [0.5, 0.6) is 0 Å². The molecule has 126 valence electrons. The predicted octanol–water partition coefficient (Wildman–Crippen LogP) is 2.90. The SMILES string of the molecule is O=C(Cn1nccn1)N1CCC(C2(c3cccc(Cl)c3)CC2)CC1. The molecule has 2 heterocycles. The summed E-state index contributed by atoms with van der Waals surface area (Å²) in [5.41, 5.74) is 1.67. The van der Waals surface area contributed by atoms with E-state index in [0.29, 0.717) is 11.3 Å². The summed E-state index contributed by atoms with van der Waals surface area (Å²) in [6.07, 6.45) is 7.80. The van der Waals surface area contributed by atoms with Crippen molar-refractivity contribution in [1.82, 2.24) is 19.9 Å². The van der Waals surface area contributed by atoms with E-state index in [1.807, 2.05) is 17.0 Å². The minimum Gasteiger partial charge on any atom is -0.341 e. The van der Waals surface area contributed by atoms with E-state index in [9.17, 15) is 4.79 Å². The van der Waals surface area contributed by atoms with Crippen molar-refractivity contribution in [3.8, 4) is 0 Å². The van der Waals surface area contributed by atoms with Gasteiger partial charge in [-0.15, -0.1) is 0 Å². The number of carbonyl (C=O) groups excluding carboxylic acids is 1. The third-order valence-electron chi connectivity index (χ3n) is 5.56. The zero-order valence-corrected chi connectivity index (χ0v) is 14.3. The van der Waals surface area contributed by atoms with Gasteiger partial charge in [0, 0.05) is 18.1 Å². The van der Waals surface area contributed by atoms with Crippen molar-refractivity contribution < 1.29 is 4.79 Å². The molecule has 4 rings (SSSR count). The molecule has 0 atom stereocenters. The van der Waals surface area contributed by atoms with E-state index in [1.165, 1.54) is 23.2 Å². The van der Waals surface area contributed by atoms with Crippen molar-refractivity contribution in [2.24, 2.45) is 5.92 Å². The molecular formula is C18H21ClN4O. The molecule has 1 aromatic heterocycles. The Hall–Kier alpha value is -1.88. The van der Waals surface area contributed by atoms with E-state index in [1.54, 1.807) is 12.4 Å². The van der Waals surface area contributed by atoms with Gasteiger partial charge in [0.2, 0.25) is 5.91 Å². The minimum atomic E-state index is 0.109. The van der Waals surface area contributed by atoms with Crippen LogP contribution in [0, 0.1) is 5.92 Å². The molecule has 1 aliphatic heterocycles. The minimum absolute atomic E-state index is 0.109. The molecular weight excluding hydrogens is 324 g/mol. The highest BCUT2D eigenvalue weighted by molar-refractivity contribution is 6.30. The van der Waals surface area contributed by atoms with Crippen LogP contribution in [0.3, 0.4) is 0 Å². The summed E-state index contributed by atoms with van der Waals surface area (Å²) < 4.78 is 0. The number of benzene rings is 1. The van der Waals surface area contributed by atoms with Gasteiger partial charge in [-0.25, -0.2) is 0 Å². The average Bonchev–Trinajstić information content (AvgIpc) is 3.26. The van der Waals surface area contributed by atoms with Crippen LogP contribution in [0.25, 0.3) is 0 Å². The molecule has 2 aliphatic rings. The van der Waals surface area contributed by atoms with Gasteiger partial charge in [0.1, 0.15) is 6.54 Å². The molecule has 2 fully saturated rings. The Morgan fingerprint density at radius 1 is 1.21 bits per heavy atom. The lowest BCUT2D eigenvalue weighted by molar-refractivity contribution is -0.133. The highest BCUT2D eigenvalue weighted by Crippen LogP contribution is 2.57. The van der Waals surface area contributed by atoms with Crippen molar-refractivity contribution in [2.45, 2.75) is 37.6 Å². The molecule has 1 amide bonds. The molecule has 0 N–H and O–H groups in total. The smallest absolute Gasteiger partial charge is 0.246 e. The third kappa shape index (κ3) is 2.93. The maximum Gasteiger partial charge on any atom is 0.246 e. The van der Waals surface area contributed by atoms with Gasteiger partial charge in [0.05, 0.1) is 12.4 Å². The van der Waals surface area contributed by atoms with Crippen LogP contribution in [0.4, 0.5) is 0 Å². The Labute approximate surface area is 146 Å². The van der Waals surface area contributed by atoms with Crippen LogP contribution in [-0.2, 0) is 16.8 Å². The molecule has 6 heteroatoms. The first-order valence-corrected chi connectivity index (χ1v) is 8.93. The van der Waals surface area contributed by atoms with Gasteiger partial charge in [-0.05, 0) is 54.7 Å². The fourth-order valence-corrected chi connectivity index (χ4v) is 4.28. The van der Waals surface area contributed by atoms with Crippen LogP contribution in [-0.4, -0.2) is 38.9 Å². The molecule has 5 nitrogen and oxygen atoms in total. The van der Waals surface area contributed by atoms with Gasteiger partial charge >= 0.3 is 0 Å². The second-order valence-electron chi connectivity index (χ2n) is 6.88. The first kappa shape index (κ1) is 15.6. The van der Waals surface area contributed by atoms with Crippen molar-refractivity contribution in [1.29, 1.82) is 0 Å². The third-order valence-corrected chi connectivity index (χ3v) is 5.80. The van der Waals surface area contributed by atoms with E-state index >= 15 is 0 Å². The van der Waals surface area contributed by atoms with Gasteiger partial charge in [-0.3, -0.25) is 4.79 Å². The quantitative estimate of drug-likeness (QED) is 0.857. The van der Waals surface area contributed by atoms with Crippen molar-refractivity contribution in [3.05, 3.63) is 47.2 Å². The Balaban J connectivity index is 1.38. The maximum atomic E-state index is 12.4. The van der Waals surface area contributed by atoms with Crippen molar-refractivity contribution in [2.75, 3.05) is 13.1 Å². The van der Waals surface area contributed by atoms with Gasteiger partial charge in [-0.2, -0.15) is 15.0 Å². The summed E-state index contributed by atoms with van der Waals surface area (Å²) >= 11 is 6.18. The molecule has 24 heavy (non-hydrogen) atoms. The summed E-state index contributed by atoms with van der Waals surface area (Å²) in [5.74, 6) is 0.750. The molecule has 0 radical (unpaired) electrons. The molecule has 0 bridgehead atoms. The second kappa shape index (κ2) is 6.20. The van der Waals surface area contributed by atoms with E-state index in [0.717, 1.165) is 31.0 Å². The highest BCUT2D eigenvalue weighted by atomic mass is 35.5.